The number of hydrogen-bond acceptors (Lipinski definition) is 8. The molecule has 52 heavy (non-hydrogen) atoms. The number of benzene rings is 8. The van der Waals surface area contributed by atoms with E-state index in [0.717, 1.165) is 54.6 Å². The average Bonchev–Trinajstić information content (AvgIpc) is 3.52. The minimum Gasteiger partial charge on any atom is -0.508 e. The summed E-state index contributed by atoms with van der Waals surface area (Å²) in [4.78, 5) is 0. The van der Waals surface area contributed by atoms with Gasteiger partial charge in [0.2, 0.25) is 0 Å². The van der Waals surface area contributed by atoms with Crippen LogP contribution in [0.4, 0.5) is 0 Å². The monoisotopic (exact) mass is 682 g/mol. The fraction of sp³-hybridized carbons (Fsp3) is 0. The smallest absolute Gasteiger partial charge is 0.169 e. The summed E-state index contributed by atoms with van der Waals surface area (Å²) < 4.78 is 6.29. The van der Waals surface area contributed by atoms with Crippen LogP contribution in [-0.4, -0.2) is 51.4 Å². The SMILES string of the molecule is Bc1c(O)c(O)c(-c2c(O)c(B)c(O)c(-c3c4ccccc4c(-c4ccc5oc6cc7ccccc7cc6c5c4)c4ccccc34)c2O)c(O)c1O. The summed E-state index contributed by atoms with van der Waals surface area (Å²) in [6.07, 6.45) is 0. The Morgan fingerprint density at radius 1 is 0.346 bits per heavy atom. The normalized spacial score (nSPS) is 11.8. The van der Waals surface area contributed by atoms with Gasteiger partial charge in [0, 0.05) is 21.8 Å². The highest BCUT2D eigenvalue weighted by Crippen LogP contribution is 2.57. The molecule has 1 heterocycles. The molecule has 8 nitrogen and oxygen atoms in total. The molecule has 9 aromatic rings. The minimum absolute atomic E-state index is 0.0665. The van der Waals surface area contributed by atoms with Gasteiger partial charge in [0.05, 0.1) is 16.7 Å². The van der Waals surface area contributed by atoms with Gasteiger partial charge in [-0.05, 0) is 73.2 Å². The lowest BCUT2D eigenvalue weighted by molar-refractivity contribution is 0.379. The third-order valence-electron chi connectivity index (χ3n) is 10.3. The van der Waals surface area contributed by atoms with Crippen molar-refractivity contribution in [3.63, 3.8) is 0 Å². The first kappa shape index (κ1) is 31.1. The van der Waals surface area contributed by atoms with Gasteiger partial charge >= 0.3 is 0 Å². The van der Waals surface area contributed by atoms with Crippen molar-refractivity contribution in [2.75, 3.05) is 0 Å². The molecule has 9 rings (SSSR count). The number of aromatic hydroxyl groups is 7. The van der Waals surface area contributed by atoms with Crippen LogP contribution < -0.4 is 10.9 Å². The zero-order chi connectivity index (χ0) is 36.2. The van der Waals surface area contributed by atoms with E-state index in [9.17, 15) is 35.7 Å². The molecule has 0 aliphatic heterocycles. The fourth-order valence-electron chi connectivity index (χ4n) is 7.69. The lowest BCUT2D eigenvalue weighted by Crippen LogP contribution is -2.09. The second kappa shape index (κ2) is 11.0. The van der Waals surface area contributed by atoms with E-state index in [1.54, 1.807) is 0 Å². The van der Waals surface area contributed by atoms with Crippen LogP contribution in [-0.2, 0) is 0 Å². The predicted molar refractivity (Wildman–Crippen MR) is 211 cm³/mol. The summed E-state index contributed by atoms with van der Waals surface area (Å²) in [5.74, 6) is -5.00. The molecule has 0 spiro atoms. The number of fused-ring (bicyclic) bond motifs is 6. The van der Waals surface area contributed by atoms with Crippen molar-refractivity contribution in [3.8, 4) is 73.6 Å². The third kappa shape index (κ3) is 4.18. The largest absolute Gasteiger partial charge is 0.508 e. The number of hydrogen-bond donors (Lipinski definition) is 7. The maximum absolute atomic E-state index is 12.0. The Morgan fingerprint density at radius 3 is 1.37 bits per heavy atom. The lowest BCUT2D eigenvalue weighted by Gasteiger charge is -2.23. The van der Waals surface area contributed by atoms with Crippen LogP contribution in [0.25, 0.3) is 87.6 Å². The second-order valence-electron chi connectivity index (χ2n) is 13.2. The van der Waals surface area contributed by atoms with Crippen molar-refractivity contribution < 1.29 is 40.2 Å². The highest BCUT2D eigenvalue weighted by molar-refractivity contribution is 6.39. The van der Waals surface area contributed by atoms with Crippen LogP contribution in [0.3, 0.4) is 0 Å². The van der Waals surface area contributed by atoms with Gasteiger partial charge in [0.25, 0.3) is 0 Å². The quantitative estimate of drug-likeness (QED) is 0.0482. The first-order valence-electron chi connectivity index (χ1n) is 16.6. The standard InChI is InChI=1S/C42H28B2O8/c43-34-37(46)31(36(45)32(38(34)47)33-39(48)41(50)35(44)42(51)40(33)49)30-23-11-5-3-9-21(23)29(22-10-4-6-12-24(22)30)20-13-14-27-25(16-20)26-15-18-7-1-2-8-19(18)17-28(26)52-27/h1-17,45-51H,43-44H2. The molecule has 10 heteroatoms. The van der Waals surface area contributed by atoms with Gasteiger partial charge in [-0.3, -0.25) is 0 Å². The molecule has 250 valence electrons. The number of rotatable bonds is 3. The number of phenols is 7. The Kier molecular flexibility index (Phi) is 6.60. The summed E-state index contributed by atoms with van der Waals surface area (Å²) >= 11 is 0. The van der Waals surface area contributed by atoms with E-state index >= 15 is 0 Å². The molecule has 0 bridgehead atoms. The molecule has 1 aromatic heterocycles. The zero-order valence-electron chi connectivity index (χ0n) is 27.9. The van der Waals surface area contributed by atoms with Gasteiger partial charge < -0.3 is 40.2 Å². The van der Waals surface area contributed by atoms with Gasteiger partial charge in [-0.2, -0.15) is 0 Å². The van der Waals surface area contributed by atoms with E-state index in [2.05, 4.69) is 30.3 Å². The van der Waals surface area contributed by atoms with E-state index < -0.39 is 51.4 Å². The first-order chi connectivity index (χ1) is 25.1. The molecule has 0 atom stereocenters. The fourth-order valence-corrected chi connectivity index (χ4v) is 7.69. The Balaban J connectivity index is 1.37. The van der Waals surface area contributed by atoms with E-state index in [1.807, 2.05) is 72.8 Å². The molecule has 0 aliphatic rings. The average molecular weight is 682 g/mol. The van der Waals surface area contributed by atoms with Crippen molar-refractivity contribution in [3.05, 3.63) is 103 Å². The third-order valence-corrected chi connectivity index (χ3v) is 10.3. The molecule has 0 amide bonds. The van der Waals surface area contributed by atoms with Gasteiger partial charge in [0.15, 0.2) is 23.0 Å². The van der Waals surface area contributed by atoms with Gasteiger partial charge in [-0.25, -0.2) is 0 Å². The van der Waals surface area contributed by atoms with E-state index in [4.69, 9.17) is 4.42 Å². The van der Waals surface area contributed by atoms with Gasteiger partial charge in [0.1, 0.15) is 44.1 Å². The summed E-state index contributed by atoms with van der Waals surface area (Å²) in [5.41, 5.74) is 2.37. The van der Waals surface area contributed by atoms with Gasteiger partial charge in [-0.1, -0.05) is 78.9 Å². The highest BCUT2D eigenvalue weighted by atomic mass is 16.3. The Bertz CT molecular complexity index is 2940. The van der Waals surface area contributed by atoms with Crippen LogP contribution in [0.5, 0.6) is 40.2 Å². The number of phenolic OH excluding ortho intramolecular Hbond substituents is 7. The van der Waals surface area contributed by atoms with Crippen molar-refractivity contribution >= 4 is 80.9 Å². The maximum Gasteiger partial charge on any atom is 0.169 e. The molecular weight excluding hydrogens is 654 g/mol. The summed E-state index contributed by atoms with van der Waals surface area (Å²) in [6, 6.07) is 33.6. The van der Waals surface area contributed by atoms with Crippen LogP contribution in [0.15, 0.2) is 108 Å². The summed E-state index contributed by atoms with van der Waals surface area (Å²) in [5, 5.41) is 85.2. The van der Waals surface area contributed by atoms with Crippen LogP contribution in [0.2, 0.25) is 0 Å². The molecule has 0 unspecified atom stereocenters. The second-order valence-corrected chi connectivity index (χ2v) is 13.2. The Hall–Kier alpha value is -6.93. The molecule has 7 N–H and O–H groups in total. The van der Waals surface area contributed by atoms with Crippen LogP contribution >= 0.6 is 0 Å². The summed E-state index contributed by atoms with van der Waals surface area (Å²) in [6.45, 7) is 0. The highest BCUT2D eigenvalue weighted by Gasteiger charge is 2.32. The van der Waals surface area contributed by atoms with Gasteiger partial charge in [-0.15, -0.1) is 0 Å². The summed E-state index contributed by atoms with van der Waals surface area (Å²) in [7, 11) is 2.71. The first-order valence-corrected chi connectivity index (χ1v) is 16.6. The van der Waals surface area contributed by atoms with Crippen LogP contribution in [0.1, 0.15) is 0 Å². The van der Waals surface area contributed by atoms with Crippen molar-refractivity contribution in [2.24, 2.45) is 0 Å². The molecule has 0 saturated carbocycles. The molecule has 8 aromatic carbocycles. The predicted octanol–water partition coefficient (Wildman–Crippen LogP) is 6.50. The Labute approximate surface area is 297 Å². The minimum atomic E-state index is -0.866. The zero-order valence-corrected chi connectivity index (χ0v) is 27.9. The molecule has 0 aliphatic carbocycles. The van der Waals surface area contributed by atoms with Crippen LogP contribution in [0, 0.1) is 0 Å². The molecular formula is C42H28B2O8. The van der Waals surface area contributed by atoms with E-state index in [-0.39, 0.29) is 16.5 Å². The van der Waals surface area contributed by atoms with E-state index in [1.165, 1.54) is 15.7 Å². The van der Waals surface area contributed by atoms with Crippen molar-refractivity contribution in [1.82, 2.24) is 0 Å². The topological polar surface area (TPSA) is 155 Å². The molecule has 0 radical (unpaired) electrons. The molecule has 0 saturated heterocycles. The lowest BCUT2D eigenvalue weighted by atomic mass is 9.80. The molecule has 0 fully saturated rings. The Morgan fingerprint density at radius 2 is 0.788 bits per heavy atom. The number of furan rings is 1. The van der Waals surface area contributed by atoms with Crippen molar-refractivity contribution in [1.29, 1.82) is 0 Å². The van der Waals surface area contributed by atoms with Crippen molar-refractivity contribution in [2.45, 2.75) is 0 Å². The van der Waals surface area contributed by atoms with E-state index in [0.29, 0.717) is 16.3 Å². The maximum atomic E-state index is 12.0.